The number of thiazole rings is 1. The smallest absolute Gasteiger partial charge is 0.252 e. The number of amides is 1. The molecular weight excluding hydrogens is 377 g/mol. The number of carbonyl (C=O) groups excluding carboxylic acids is 2. The number of aromatic hydroxyl groups is 1. The summed E-state index contributed by atoms with van der Waals surface area (Å²) in [5.41, 5.74) is 11.7. The second kappa shape index (κ2) is 7.03. The number of nitrogen functional groups attached to an aromatic ring is 1. The van der Waals surface area contributed by atoms with Crippen molar-refractivity contribution in [2.75, 3.05) is 10.6 Å². The van der Waals surface area contributed by atoms with E-state index in [4.69, 9.17) is 16.0 Å². The van der Waals surface area contributed by atoms with Gasteiger partial charge in [0.2, 0.25) is 17.5 Å². The van der Waals surface area contributed by atoms with Crippen LogP contribution in [0.4, 0.5) is 21.0 Å². The third-order valence-corrected chi connectivity index (χ3v) is 4.75. The van der Waals surface area contributed by atoms with Crippen molar-refractivity contribution in [1.29, 1.82) is 0 Å². The number of ketones is 1. The Morgan fingerprint density at radius 1 is 1.33 bits per heavy atom. The quantitative estimate of drug-likeness (QED) is 0.539. The zero-order valence-corrected chi connectivity index (χ0v) is 14.7. The molecule has 3 aromatic rings. The summed E-state index contributed by atoms with van der Waals surface area (Å²) < 4.78 is 18.0. The molecule has 0 aliphatic rings. The van der Waals surface area contributed by atoms with Gasteiger partial charge in [-0.1, -0.05) is 11.3 Å². The standard InChI is InChI=1S/C16H14FN5O4S/c1-7(15(19)25)22(9-4-2-8(17)3-5-9)16-20-14(18)13(27-16)12(24)10-6-11(23)21-26-10/h2-7H,18H2,1H3,(H2,19,25)(H,21,23)/t7-/m1/s1. The molecule has 5 N–H and O–H groups in total. The molecule has 1 atom stereocenters. The molecular formula is C16H14FN5O4S. The van der Waals surface area contributed by atoms with Gasteiger partial charge in [-0.15, -0.1) is 0 Å². The Hall–Kier alpha value is -3.47. The number of primary amides is 1. The first-order valence-corrected chi connectivity index (χ1v) is 8.40. The van der Waals surface area contributed by atoms with Gasteiger partial charge >= 0.3 is 0 Å². The molecule has 1 amide bonds. The minimum atomic E-state index is -0.849. The van der Waals surface area contributed by atoms with Gasteiger partial charge < -0.3 is 26.0 Å². The molecule has 0 aliphatic heterocycles. The largest absolute Gasteiger partial charge is 0.491 e. The van der Waals surface area contributed by atoms with Crippen molar-refractivity contribution in [2.45, 2.75) is 13.0 Å². The summed E-state index contributed by atoms with van der Waals surface area (Å²) >= 11 is 0.894. The molecule has 0 saturated heterocycles. The van der Waals surface area contributed by atoms with Crippen LogP contribution < -0.4 is 16.4 Å². The van der Waals surface area contributed by atoms with Gasteiger partial charge in [-0.05, 0) is 36.3 Å². The van der Waals surface area contributed by atoms with Crippen LogP contribution in [0, 0.1) is 5.82 Å². The van der Waals surface area contributed by atoms with Crippen molar-refractivity contribution < 1.29 is 23.6 Å². The van der Waals surface area contributed by atoms with Crippen molar-refractivity contribution in [3.8, 4) is 5.88 Å². The van der Waals surface area contributed by atoms with Gasteiger partial charge in [0.1, 0.15) is 22.6 Å². The molecule has 9 nitrogen and oxygen atoms in total. The maximum atomic E-state index is 13.3. The molecule has 0 saturated carbocycles. The number of rotatable bonds is 6. The monoisotopic (exact) mass is 391 g/mol. The van der Waals surface area contributed by atoms with Gasteiger partial charge in [0, 0.05) is 5.69 Å². The molecule has 0 radical (unpaired) electrons. The molecule has 3 rings (SSSR count). The summed E-state index contributed by atoms with van der Waals surface area (Å²) in [6.07, 6.45) is 0. The molecule has 1 aromatic carbocycles. The molecule has 140 valence electrons. The number of anilines is 3. The maximum Gasteiger partial charge on any atom is 0.252 e. The lowest BCUT2D eigenvalue weighted by atomic mass is 10.2. The molecule has 2 heterocycles. The Kier molecular flexibility index (Phi) is 4.77. The van der Waals surface area contributed by atoms with Crippen molar-refractivity contribution in [3.63, 3.8) is 0 Å². The minimum Gasteiger partial charge on any atom is -0.491 e. The second-order valence-electron chi connectivity index (χ2n) is 5.51. The van der Waals surface area contributed by atoms with E-state index in [9.17, 15) is 19.1 Å². The van der Waals surface area contributed by atoms with Gasteiger partial charge in [-0.25, -0.2) is 9.37 Å². The van der Waals surface area contributed by atoms with E-state index in [1.807, 2.05) is 0 Å². The number of aromatic nitrogens is 2. The second-order valence-corrected chi connectivity index (χ2v) is 6.49. The lowest BCUT2D eigenvalue weighted by molar-refractivity contribution is -0.118. The average Bonchev–Trinajstić information content (AvgIpc) is 3.22. The molecule has 0 unspecified atom stereocenters. The molecule has 0 bridgehead atoms. The third-order valence-electron chi connectivity index (χ3n) is 3.68. The Morgan fingerprint density at radius 2 is 2.00 bits per heavy atom. The van der Waals surface area contributed by atoms with Crippen molar-refractivity contribution in [1.82, 2.24) is 10.1 Å². The highest BCUT2D eigenvalue weighted by Gasteiger charge is 2.28. The van der Waals surface area contributed by atoms with Crippen LogP contribution in [0.1, 0.15) is 22.4 Å². The number of hydrogen-bond donors (Lipinski definition) is 3. The first-order valence-electron chi connectivity index (χ1n) is 7.58. The van der Waals surface area contributed by atoms with E-state index < -0.39 is 29.4 Å². The third kappa shape index (κ3) is 3.58. The van der Waals surface area contributed by atoms with Crippen LogP contribution in [0.2, 0.25) is 0 Å². The Bertz CT molecular complexity index is 1000. The number of nitrogens with two attached hydrogens (primary N) is 2. The lowest BCUT2D eigenvalue weighted by Gasteiger charge is -2.26. The van der Waals surface area contributed by atoms with Crippen LogP contribution in [-0.2, 0) is 4.79 Å². The molecule has 0 spiro atoms. The normalized spacial score (nSPS) is 11.9. The fraction of sp³-hybridized carbons (Fsp3) is 0.125. The van der Waals surface area contributed by atoms with Gasteiger partial charge in [0.05, 0.1) is 6.07 Å². The average molecular weight is 391 g/mol. The number of hydrogen-bond acceptors (Lipinski definition) is 9. The molecule has 0 fully saturated rings. The summed E-state index contributed by atoms with van der Waals surface area (Å²) in [6, 6.07) is 5.53. The van der Waals surface area contributed by atoms with Crippen molar-refractivity contribution in [3.05, 3.63) is 46.8 Å². The van der Waals surface area contributed by atoms with E-state index in [1.165, 1.54) is 29.2 Å². The minimum absolute atomic E-state index is 0.0323. The maximum absolute atomic E-state index is 13.3. The summed E-state index contributed by atoms with van der Waals surface area (Å²) in [5, 5.41) is 12.7. The molecule has 27 heavy (non-hydrogen) atoms. The fourth-order valence-corrected chi connectivity index (χ4v) is 3.33. The fourth-order valence-electron chi connectivity index (χ4n) is 2.30. The summed E-state index contributed by atoms with van der Waals surface area (Å²) in [5.74, 6) is -2.50. The van der Waals surface area contributed by atoms with Gasteiger partial charge in [-0.2, -0.15) is 0 Å². The van der Waals surface area contributed by atoms with E-state index in [0.717, 1.165) is 17.4 Å². The van der Waals surface area contributed by atoms with E-state index in [-0.39, 0.29) is 21.6 Å². The zero-order chi connectivity index (χ0) is 19.7. The van der Waals surface area contributed by atoms with Crippen LogP contribution in [0.3, 0.4) is 0 Å². The molecule has 2 aromatic heterocycles. The van der Waals surface area contributed by atoms with Crippen LogP contribution in [0.25, 0.3) is 0 Å². The Balaban J connectivity index is 2.04. The van der Waals surface area contributed by atoms with E-state index in [1.54, 1.807) is 6.92 Å². The first kappa shape index (κ1) is 18.3. The zero-order valence-electron chi connectivity index (χ0n) is 13.9. The SMILES string of the molecule is C[C@H](C(N)=O)N(c1ccc(F)cc1)c1nc(N)c(C(=O)c2cc(O)no2)s1. The summed E-state index contributed by atoms with van der Waals surface area (Å²) in [4.78, 5) is 29.8. The number of benzene rings is 1. The number of nitrogens with zero attached hydrogens (tertiary/aromatic N) is 3. The predicted molar refractivity (Wildman–Crippen MR) is 95.3 cm³/mol. The van der Waals surface area contributed by atoms with E-state index in [0.29, 0.717) is 5.69 Å². The number of halogens is 1. The van der Waals surface area contributed by atoms with Crippen LogP contribution >= 0.6 is 11.3 Å². The Labute approximate surface area is 156 Å². The van der Waals surface area contributed by atoms with E-state index >= 15 is 0 Å². The Morgan fingerprint density at radius 3 is 2.56 bits per heavy atom. The van der Waals surface area contributed by atoms with Gasteiger partial charge in [-0.3, -0.25) is 9.59 Å². The van der Waals surface area contributed by atoms with Crippen LogP contribution in [0.5, 0.6) is 5.88 Å². The van der Waals surface area contributed by atoms with Gasteiger partial charge in [0.15, 0.2) is 5.13 Å². The topological polar surface area (TPSA) is 149 Å². The molecule has 11 heteroatoms. The van der Waals surface area contributed by atoms with E-state index in [2.05, 4.69) is 10.1 Å². The predicted octanol–water partition coefficient (Wildman–Crippen LogP) is 1.80. The first-order chi connectivity index (χ1) is 12.8. The van der Waals surface area contributed by atoms with Gasteiger partial charge in [0.25, 0.3) is 5.88 Å². The van der Waals surface area contributed by atoms with Crippen LogP contribution in [-0.4, -0.2) is 33.0 Å². The summed E-state index contributed by atoms with van der Waals surface area (Å²) in [7, 11) is 0. The summed E-state index contributed by atoms with van der Waals surface area (Å²) in [6.45, 7) is 1.54. The van der Waals surface area contributed by atoms with Crippen molar-refractivity contribution >= 4 is 39.7 Å². The molecule has 0 aliphatic carbocycles. The highest BCUT2D eigenvalue weighted by molar-refractivity contribution is 7.18. The van der Waals surface area contributed by atoms with Crippen molar-refractivity contribution in [2.24, 2.45) is 5.73 Å². The number of carbonyl (C=O) groups is 2. The van der Waals surface area contributed by atoms with Crippen LogP contribution in [0.15, 0.2) is 34.9 Å². The highest BCUT2D eigenvalue weighted by atomic mass is 32.1. The highest BCUT2D eigenvalue weighted by Crippen LogP contribution is 2.36. The lowest BCUT2D eigenvalue weighted by Crippen LogP contribution is -2.39.